The van der Waals surface area contributed by atoms with Gasteiger partial charge in [-0.05, 0) is 24.7 Å². The molecule has 0 aromatic carbocycles. The lowest BCUT2D eigenvalue weighted by Gasteiger charge is -2.15. The smallest absolute Gasteiger partial charge is 0.254 e. The van der Waals surface area contributed by atoms with Gasteiger partial charge in [0.15, 0.2) is 0 Å². The van der Waals surface area contributed by atoms with Gasteiger partial charge in [-0.15, -0.1) is 0 Å². The molecule has 118 valence electrons. The molecule has 21 heavy (non-hydrogen) atoms. The second-order valence-corrected chi connectivity index (χ2v) is 6.82. The van der Waals surface area contributed by atoms with Crippen molar-refractivity contribution in [3.63, 3.8) is 0 Å². The van der Waals surface area contributed by atoms with Crippen LogP contribution in [0.5, 0.6) is 0 Å². The molecule has 1 heterocycles. The van der Waals surface area contributed by atoms with Crippen LogP contribution in [0.25, 0.3) is 0 Å². The van der Waals surface area contributed by atoms with Crippen LogP contribution in [-0.2, 0) is 6.54 Å². The van der Waals surface area contributed by atoms with Gasteiger partial charge in [0.1, 0.15) is 0 Å². The van der Waals surface area contributed by atoms with E-state index in [0.717, 1.165) is 25.1 Å². The Labute approximate surface area is 126 Å². The Morgan fingerprint density at radius 3 is 2.62 bits per heavy atom. The van der Waals surface area contributed by atoms with Gasteiger partial charge in [-0.25, -0.2) is 0 Å². The predicted octanol–water partition coefficient (Wildman–Crippen LogP) is 2.16. The first kappa shape index (κ1) is 16.0. The molecule has 1 aromatic heterocycles. The molecule has 1 amide bonds. The van der Waals surface area contributed by atoms with Gasteiger partial charge >= 0.3 is 0 Å². The van der Waals surface area contributed by atoms with E-state index >= 15 is 0 Å². The van der Waals surface area contributed by atoms with Gasteiger partial charge in [0, 0.05) is 19.0 Å². The third-order valence-electron chi connectivity index (χ3n) is 3.87. The van der Waals surface area contributed by atoms with Crippen molar-refractivity contribution in [2.24, 2.45) is 11.8 Å². The van der Waals surface area contributed by atoms with Crippen LogP contribution in [0.3, 0.4) is 0 Å². The summed E-state index contributed by atoms with van der Waals surface area (Å²) in [6.07, 6.45) is 3.44. The number of carbonyl (C=O) groups is 1. The van der Waals surface area contributed by atoms with Crippen molar-refractivity contribution in [3.05, 3.63) is 17.5 Å². The summed E-state index contributed by atoms with van der Waals surface area (Å²) in [5.41, 5.74) is 1.74. The van der Waals surface area contributed by atoms with Crippen LogP contribution in [0.4, 0.5) is 0 Å². The number of aliphatic hydroxyl groups is 1. The van der Waals surface area contributed by atoms with Gasteiger partial charge in [-0.2, -0.15) is 5.10 Å². The molecule has 0 radical (unpaired) electrons. The Balaban J connectivity index is 2.08. The fraction of sp³-hybridized carbons (Fsp3) is 0.750. The zero-order valence-electron chi connectivity index (χ0n) is 13.5. The van der Waals surface area contributed by atoms with Crippen molar-refractivity contribution in [3.8, 4) is 0 Å². The molecule has 2 N–H and O–H groups in total. The summed E-state index contributed by atoms with van der Waals surface area (Å²) in [4.78, 5) is 12.3. The lowest BCUT2D eigenvalue weighted by molar-refractivity contribution is 0.0870. The molecule has 0 saturated heterocycles. The second kappa shape index (κ2) is 6.60. The molecule has 1 atom stereocenters. The van der Waals surface area contributed by atoms with Crippen LogP contribution in [0.2, 0.25) is 0 Å². The molecular weight excluding hydrogens is 266 g/mol. The molecule has 1 saturated carbocycles. The molecule has 5 heteroatoms. The minimum atomic E-state index is -0.510. The predicted molar refractivity (Wildman–Crippen MR) is 82.2 cm³/mol. The Morgan fingerprint density at radius 2 is 2.10 bits per heavy atom. The van der Waals surface area contributed by atoms with E-state index in [4.69, 9.17) is 0 Å². The highest BCUT2D eigenvalue weighted by Crippen LogP contribution is 2.41. The lowest BCUT2D eigenvalue weighted by atomic mass is 10.1. The average Bonchev–Trinajstić information content (AvgIpc) is 3.16. The van der Waals surface area contributed by atoms with Crippen molar-refractivity contribution in [2.45, 2.75) is 59.1 Å². The highest BCUT2D eigenvalue weighted by molar-refractivity contribution is 5.95. The number of rotatable bonds is 7. The Hall–Kier alpha value is -1.36. The number of aromatic nitrogens is 2. The maximum atomic E-state index is 12.3. The first-order valence-corrected chi connectivity index (χ1v) is 7.92. The van der Waals surface area contributed by atoms with E-state index in [1.165, 1.54) is 0 Å². The number of nitrogens with one attached hydrogen (secondary N) is 1. The van der Waals surface area contributed by atoms with E-state index < -0.39 is 6.10 Å². The van der Waals surface area contributed by atoms with E-state index in [-0.39, 0.29) is 18.4 Å². The van der Waals surface area contributed by atoms with Crippen LogP contribution in [-0.4, -0.2) is 33.4 Å². The quantitative estimate of drug-likeness (QED) is 0.809. The zero-order chi connectivity index (χ0) is 15.6. The molecule has 1 aliphatic rings. The largest absolute Gasteiger partial charge is 0.391 e. The minimum absolute atomic E-state index is 0.119. The monoisotopic (exact) mass is 293 g/mol. The molecule has 1 unspecified atom stereocenters. The molecular formula is C16H27N3O2. The maximum absolute atomic E-state index is 12.3. The summed E-state index contributed by atoms with van der Waals surface area (Å²) in [6.45, 7) is 9.30. The number of amides is 1. The van der Waals surface area contributed by atoms with Gasteiger partial charge in [0.05, 0.1) is 23.6 Å². The SMILES string of the molecule is CC(C)Cn1ncc(C(=O)NCC(O)C(C)C)c1C1CC1. The van der Waals surface area contributed by atoms with Crippen molar-refractivity contribution in [1.82, 2.24) is 15.1 Å². The van der Waals surface area contributed by atoms with Crippen LogP contribution < -0.4 is 5.32 Å². The first-order chi connectivity index (χ1) is 9.90. The van der Waals surface area contributed by atoms with Gasteiger partial charge in [0.2, 0.25) is 0 Å². The van der Waals surface area contributed by atoms with E-state index in [9.17, 15) is 9.90 Å². The third kappa shape index (κ3) is 4.06. The fourth-order valence-corrected chi connectivity index (χ4v) is 2.38. The molecule has 1 aliphatic carbocycles. The number of hydrogen-bond acceptors (Lipinski definition) is 3. The summed E-state index contributed by atoms with van der Waals surface area (Å²) < 4.78 is 1.98. The van der Waals surface area contributed by atoms with Crippen LogP contribution >= 0.6 is 0 Å². The van der Waals surface area contributed by atoms with Gasteiger partial charge < -0.3 is 10.4 Å². The van der Waals surface area contributed by atoms with Crippen molar-refractivity contribution < 1.29 is 9.90 Å². The zero-order valence-corrected chi connectivity index (χ0v) is 13.5. The average molecular weight is 293 g/mol. The number of aliphatic hydroxyl groups excluding tert-OH is 1. The van der Waals surface area contributed by atoms with Crippen molar-refractivity contribution in [2.75, 3.05) is 6.54 Å². The van der Waals surface area contributed by atoms with Gasteiger partial charge in [-0.3, -0.25) is 9.48 Å². The Bertz CT molecular complexity index is 490. The number of nitrogens with zero attached hydrogens (tertiary/aromatic N) is 2. The second-order valence-electron chi connectivity index (χ2n) is 6.82. The van der Waals surface area contributed by atoms with Crippen molar-refractivity contribution >= 4 is 5.91 Å². The summed E-state index contributed by atoms with van der Waals surface area (Å²) in [5, 5.41) is 17.0. The first-order valence-electron chi connectivity index (χ1n) is 7.92. The normalized spacial score (nSPS) is 16.5. The van der Waals surface area contributed by atoms with E-state index in [2.05, 4.69) is 24.3 Å². The highest BCUT2D eigenvalue weighted by Gasteiger charge is 2.32. The number of carbonyl (C=O) groups excluding carboxylic acids is 1. The van der Waals surface area contributed by atoms with E-state index in [0.29, 0.717) is 17.4 Å². The Kier molecular flexibility index (Phi) is 5.04. The minimum Gasteiger partial charge on any atom is -0.391 e. The highest BCUT2D eigenvalue weighted by atomic mass is 16.3. The van der Waals surface area contributed by atoms with E-state index in [1.807, 2.05) is 18.5 Å². The number of hydrogen-bond donors (Lipinski definition) is 2. The fourth-order valence-electron chi connectivity index (χ4n) is 2.38. The van der Waals surface area contributed by atoms with Crippen LogP contribution in [0.15, 0.2) is 6.20 Å². The molecule has 0 spiro atoms. The van der Waals surface area contributed by atoms with Crippen molar-refractivity contribution in [1.29, 1.82) is 0 Å². The molecule has 1 fully saturated rings. The Morgan fingerprint density at radius 1 is 1.43 bits per heavy atom. The van der Waals surface area contributed by atoms with Gasteiger partial charge in [0.25, 0.3) is 5.91 Å². The summed E-state index contributed by atoms with van der Waals surface area (Å²) >= 11 is 0. The lowest BCUT2D eigenvalue weighted by Crippen LogP contribution is -2.35. The topological polar surface area (TPSA) is 67.2 Å². The summed E-state index contributed by atoms with van der Waals surface area (Å²) in [7, 11) is 0. The summed E-state index contributed by atoms with van der Waals surface area (Å²) in [5.74, 6) is 0.992. The standard InChI is InChI=1S/C16H27N3O2/c1-10(2)9-19-15(12-5-6-12)13(7-18-19)16(21)17-8-14(20)11(3)4/h7,10-12,14,20H,5-6,8-9H2,1-4H3,(H,17,21). The van der Waals surface area contributed by atoms with Crippen LogP contribution in [0, 0.1) is 11.8 Å². The third-order valence-corrected chi connectivity index (χ3v) is 3.87. The maximum Gasteiger partial charge on any atom is 0.254 e. The summed E-state index contributed by atoms with van der Waals surface area (Å²) in [6, 6.07) is 0. The van der Waals surface area contributed by atoms with Gasteiger partial charge in [-0.1, -0.05) is 27.7 Å². The molecule has 0 bridgehead atoms. The molecule has 5 nitrogen and oxygen atoms in total. The van der Waals surface area contributed by atoms with E-state index in [1.54, 1.807) is 6.20 Å². The van der Waals surface area contributed by atoms with Crippen LogP contribution in [0.1, 0.15) is 62.5 Å². The molecule has 1 aromatic rings. The molecule has 0 aliphatic heterocycles. The molecule has 2 rings (SSSR count).